The van der Waals surface area contributed by atoms with E-state index in [1.165, 1.54) is 89.9 Å². The molecule has 0 bridgehead atoms. The Labute approximate surface area is 746 Å². The van der Waals surface area contributed by atoms with Crippen molar-refractivity contribution < 1.29 is 111 Å². The molecular weight excluding hydrogens is 1680 g/mol. The third-order valence-corrected chi connectivity index (χ3v) is 26.3. The van der Waals surface area contributed by atoms with Crippen molar-refractivity contribution >= 4 is 43.2 Å². The van der Waals surface area contributed by atoms with E-state index in [4.69, 9.17) is 78.2 Å². The van der Waals surface area contributed by atoms with Crippen LogP contribution in [0, 0.1) is 0 Å². The van der Waals surface area contributed by atoms with Gasteiger partial charge in [0.25, 0.3) is 6.29 Å². The molecule has 688 valence electrons. The van der Waals surface area contributed by atoms with Crippen molar-refractivity contribution in [2.75, 3.05) is 20.2 Å². The van der Waals surface area contributed by atoms with Crippen molar-refractivity contribution in [3.05, 3.63) is 287 Å². The zero-order valence-electron chi connectivity index (χ0n) is 73.3. The van der Waals surface area contributed by atoms with Crippen LogP contribution < -0.4 is 0 Å². The topological polar surface area (TPSA) is 280 Å². The summed E-state index contributed by atoms with van der Waals surface area (Å²) in [5, 5.41) is 0. The van der Waals surface area contributed by atoms with Crippen LogP contribution in [0.15, 0.2) is 243 Å². The first-order valence-corrected chi connectivity index (χ1v) is 50.9. The highest BCUT2D eigenvalue weighted by Crippen LogP contribution is 2.62. The predicted octanol–water partition coefficient (Wildman–Crippen LogP) is 25.8. The highest BCUT2D eigenvalue weighted by atomic mass is 31.2. The van der Waals surface area contributed by atoms with E-state index < -0.39 is 146 Å². The van der Waals surface area contributed by atoms with Crippen LogP contribution in [0.25, 0.3) is 0 Å². The minimum absolute atomic E-state index is 0.0771. The lowest BCUT2D eigenvalue weighted by molar-refractivity contribution is -0.264. The third kappa shape index (κ3) is 41.4. The number of phosphoric acid groups is 4. The molecule has 0 aliphatic heterocycles. The molecule has 8 aromatic carbocycles. The fourth-order valence-corrected chi connectivity index (χ4v) is 19.2. The predicted molar refractivity (Wildman–Crippen MR) is 484 cm³/mol. The van der Waals surface area contributed by atoms with Crippen LogP contribution in [-0.4, -0.2) is 79.9 Å². The van der Waals surface area contributed by atoms with Crippen LogP contribution in [0.1, 0.15) is 238 Å². The number of hydrogen-bond donors (Lipinski definition) is 1. The molecule has 1 saturated carbocycles. The van der Waals surface area contributed by atoms with Crippen LogP contribution in [0.4, 0.5) is 0 Å². The van der Waals surface area contributed by atoms with Crippen molar-refractivity contribution in [1.29, 1.82) is 0 Å². The van der Waals surface area contributed by atoms with Gasteiger partial charge in [-0.2, -0.15) is 0 Å². The molecule has 24 nitrogen and oxygen atoms in total. The molecule has 0 radical (unpaired) electrons. The minimum Gasteiger partial charge on any atom is -0.423 e. The van der Waals surface area contributed by atoms with E-state index in [0.717, 1.165) is 64.2 Å². The Morgan fingerprint density at radius 3 is 0.714 bits per heavy atom. The van der Waals surface area contributed by atoms with Gasteiger partial charge in [-0.05, 0) is 57.3 Å². The molecule has 1 aliphatic carbocycles. The molecule has 28 heteroatoms. The second kappa shape index (κ2) is 60.0. The van der Waals surface area contributed by atoms with Gasteiger partial charge in [-0.3, -0.25) is 59.4 Å². The SMILES string of the molecule is CCCCCCCCCCCCCCCC(=O)OC(COP(=O)(O)OC1[C@H](OCOCc2ccccc2)[C@H](OP(=O)(OCc2ccccc2)OCc2ccccc2)C(OP(=O)(OCc2ccccc2)OCc2ccccc2)[C@H](OP(=O)(OCc2ccccc2)OCc2ccccc2)[C@H]1OCOCc1ccccc1)OC(=O)CCCCCCCCCCCCCCC. The standard InChI is InChI=1S/C98H132O24P4/c1-3-5-7-9-11-13-15-17-19-21-23-25-51-69-90(99)117-92(118-91(100)70-52-26-24-22-20-18-16-14-12-10-8-6-4-2)79-110-123(101,102)119-95-93(108-80-106-71-82-53-35-27-36-54-82)96(120-124(103,111-73-84-57-39-29-40-58-84)112-74-85-59-41-30-42-60-85)98(122-126(105,115-77-88-65-47-33-48-66-88)116-78-89-67-49-34-50-68-89)97(94(95)109-81-107-72-83-55-37-28-38-56-83)121-125(104,113-75-86-61-43-31-44-62-86)114-76-87-63-45-32-46-64-87/h27-50,53-68,92-98H,3-26,51-52,69-81H2,1-2H3,(H,101,102)/t93-,94-,95?,96-,97+,98?/m0/s1. The molecule has 0 saturated heterocycles. The zero-order valence-corrected chi connectivity index (χ0v) is 76.9. The number of carbonyl (C=O) groups excluding carboxylic acids is 2. The molecule has 0 amide bonds. The normalized spacial score (nSPS) is 16.7. The average molecular weight is 1820 g/mol. The Morgan fingerprint density at radius 2 is 0.476 bits per heavy atom. The first-order chi connectivity index (χ1) is 61.6. The van der Waals surface area contributed by atoms with E-state index in [1.807, 2.05) is 12.1 Å². The molecule has 9 rings (SSSR count). The highest BCUT2D eigenvalue weighted by molar-refractivity contribution is 7.49. The van der Waals surface area contributed by atoms with Gasteiger partial charge in [0.15, 0.2) is 0 Å². The van der Waals surface area contributed by atoms with Crippen molar-refractivity contribution in [1.82, 2.24) is 0 Å². The maximum Gasteiger partial charge on any atom is 0.475 e. The van der Waals surface area contributed by atoms with E-state index in [2.05, 4.69) is 13.8 Å². The number of benzene rings is 8. The van der Waals surface area contributed by atoms with Gasteiger partial charge in [0.05, 0.1) is 52.9 Å². The molecule has 1 aliphatic rings. The largest absolute Gasteiger partial charge is 0.475 e. The Kier molecular flexibility index (Phi) is 48.9. The molecular formula is C98H132O24P4. The van der Waals surface area contributed by atoms with E-state index in [1.54, 1.807) is 231 Å². The molecule has 3 unspecified atom stereocenters. The van der Waals surface area contributed by atoms with Crippen LogP contribution in [0.5, 0.6) is 0 Å². The fourth-order valence-electron chi connectivity index (χ4n) is 14.2. The maximum absolute atomic E-state index is 16.7. The van der Waals surface area contributed by atoms with Crippen LogP contribution >= 0.6 is 31.3 Å². The van der Waals surface area contributed by atoms with Gasteiger partial charge in [-0.1, -0.05) is 411 Å². The number of ether oxygens (including phenoxy) is 6. The fraction of sp³-hybridized carbons (Fsp3) is 0.490. The summed E-state index contributed by atoms with van der Waals surface area (Å²) in [7, 11) is -22.0. The van der Waals surface area contributed by atoms with E-state index in [-0.39, 0.29) is 26.1 Å². The average Bonchev–Trinajstić information content (AvgIpc) is 0.741. The summed E-state index contributed by atoms with van der Waals surface area (Å²) in [6.45, 7) is -1.14. The summed E-state index contributed by atoms with van der Waals surface area (Å²) >= 11 is 0. The lowest BCUT2D eigenvalue weighted by Gasteiger charge is -2.49. The monoisotopic (exact) mass is 1820 g/mol. The number of unbranched alkanes of at least 4 members (excludes halogenated alkanes) is 24. The van der Waals surface area contributed by atoms with Crippen molar-refractivity contribution in [2.24, 2.45) is 0 Å². The first-order valence-electron chi connectivity index (χ1n) is 45.0. The summed E-state index contributed by atoms with van der Waals surface area (Å²) in [6, 6.07) is 70.1. The lowest BCUT2D eigenvalue weighted by Crippen LogP contribution is -2.67. The smallest absolute Gasteiger partial charge is 0.423 e. The summed E-state index contributed by atoms with van der Waals surface area (Å²) in [4.78, 5) is 41.1. The summed E-state index contributed by atoms with van der Waals surface area (Å²) in [5.74, 6) is -1.53. The zero-order chi connectivity index (χ0) is 88.7. The second-order valence-corrected chi connectivity index (χ2v) is 37.8. The molecule has 8 aromatic rings. The summed E-state index contributed by atoms with van der Waals surface area (Å²) in [6.07, 6.45) is 12.2. The van der Waals surface area contributed by atoms with Crippen LogP contribution in [-0.2, 0) is 159 Å². The quantitative estimate of drug-likeness (QED) is 0.0160. The van der Waals surface area contributed by atoms with Gasteiger partial charge >= 0.3 is 43.2 Å². The Bertz CT molecular complexity index is 4030. The summed E-state index contributed by atoms with van der Waals surface area (Å²) in [5.41, 5.74) is 4.29. The van der Waals surface area contributed by atoms with Gasteiger partial charge in [-0.15, -0.1) is 0 Å². The van der Waals surface area contributed by atoms with E-state index in [9.17, 15) is 14.5 Å². The number of hydrogen-bond acceptors (Lipinski definition) is 23. The second-order valence-electron chi connectivity index (χ2n) is 31.5. The molecule has 0 spiro atoms. The van der Waals surface area contributed by atoms with Gasteiger partial charge < -0.3 is 33.3 Å². The van der Waals surface area contributed by atoms with E-state index >= 15 is 18.3 Å². The van der Waals surface area contributed by atoms with Crippen molar-refractivity contribution in [2.45, 2.75) is 289 Å². The number of rotatable bonds is 69. The molecule has 1 N–H and O–H groups in total. The molecule has 7 atom stereocenters. The minimum atomic E-state index is -5.91. The molecule has 126 heavy (non-hydrogen) atoms. The Hall–Kier alpha value is -7.02. The van der Waals surface area contributed by atoms with Gasteiger partial charge in [-0.25, -0.2) is 18.3 Å². The van der Waals surface area contributed by atoms with E-state index in [0.29, 0.717) is 57.3 Å². The molecule has 0 aromatic heterocycles. The highest BCUT2D eigenvalue weighted by Gasteiger charge is 2.62. The first kappa shape index (κ1) is 103. The summed E-state index contributed by atoms with van der Waals surface area (Å²) < 4.78 is 176. The number of phosphoric ester groups is 4. The van der Waals surface area contributed by atoms with Gasteiger partial charge in [0, 0.05) is 12.8 Å². The van der Waals surface area contributed by atoms with Crippen molar-refractivity contribution in [3.8, 4) is 0 Å². The Morgan fingerprint density at radius 1 is 0.270 bits per heavy atom. The lowest BCUT2D eigenvalue weighted by atomic mass is 9.84. The van der Waals surface area contributed by atoms with Crippen molar-refractivity contribution in [3.63, 3.8) is 0 Å². The third-order valence-electron chi connectivity index (χ3n) is 21.1. The van der Waals surface area contributed by atoms with Crippen LogP contribution in [0.2, 0.25) is 0 Å². The number of carbonyl (C=O) groups is 2. The molecule has 1 fully saturated rings. The molecule has 0 heterocycles. The Balaban J connectivity index is 1.15. The number of esters is 2. The maximum atomic E-state index is 16.7. The van der Waals surface area contributed by atoms with Crippen LogP contribution in [0.3, 0.4) is 0 Å². The van der Waals surface area contributed by atoms with Gasteiger partial charge in [0.2, 0.25) is 0 Å². The van der Waals surface area contributed by atoms with Gasteiger partial charge in [0.1, 0.15) is 56.8 Å².